The lowest BCUT2D eigenvalue weighted by molar-refractivity contribution is 0.396. The van der Waals surface area contributed by atoms with Gasteiger partial charge in [-0.25, -0.2) is 12.8 Å². The normalized spacial score (nSPS) is 31.1. The maximum absolute atomic E-state index is 14.2. The van der Waals surface area contributed by atoms with Crippen molar-refractivity contribution in [3.63, 3.8) is 0 Å². The third-order valence-corrected chi connectivity index (χ3v) is 7.63. The molecule has 0 amide bonds. The molecule has 22 heavy (non-hydrogen) atoms. The first kappa shape index (κ1) is 16.7. The number of amidine groups is 1. The smallest absolute Gasteiger partial charge is 0.165 e. The first-order chi connectivity index (χ1) is 9.94. The minimum atomic E-state index is -3.65. The molecule has 2 atom stereocenters. The Balaban J connectivity index is 2.58. The fraction of sp³-hybridized carbons (Fsp3) is 0.533. The Kier molecular flexibility index (Phi) is 3.76. The summed E-state index contributed by atoms with van der Waals surface area (Å²) in [7, 11) is -3.65. The van der Waals surface area contributed by atoms with Gasteiger partial charge in [-0.3, -0.25) is 5.41 Å². The van der Waals surface area contributed by atoms with E-state index in [4.69, 9.17) is 11.1 Å². The molecular weight excluding hydrogens is 305 g/mol. The fourth-order valence-electron chi connectivity index (χ4n) is 2.88. The molecule has 122 valence electrons. The molecule has 0 aliphatic carbocycles. The van der Waals surface area contributed by atoms with E-state index >= 15 is 0 Å². The van der Waals surface area contributed by atoms with E-state index < -0.39 is 25.9 Å². The number of anilines is 1. The van der Waals surface area contributed by atoms with Crippen molar-refractivity contribution in [3.8, 4) is 0 Å². The first-order valence-corrected chi connectivity index (χ1v) is 8.74. The summed E-state index contributed by atoms with van der Waals surface area (Å²) in [4.78, 5) is 0. The molecule has 1 saturated heterocycles. The lowest BCUT2D eigenvalue weighted by atomic mass is 9.88. The molecule has 1 aliphatic heterocycles. The molecule has 0 aromatic heterocycles. The van der Waals surface area contributed by atoms with Gasteiger partial charge in [0.15, 0.2) is 9.84 Å². The molecule has 0 spiro atoms. The van der Waals surface area contributed by atoms with Crippen LogP contribution in [0.25, 0.3) is 0 Å². The van der Waals surface area contributed by atoms with Crippen LogP contribution in [0.2, 0.25) is 0 Å². The van der Waals surface area contributed by atoms with Gasteiger partial charge in [0, 0.05) is 11.3 Å². The maximum atomic E-state index is 14.2. The Labute approximate surface area is 130 Å². The van der Waals surface area contributed by atoms with Crippen molar-refractivity contribution >= 4 is 21.4 Å². The highest BCUT2D eigenvalue weighted by molar-refractivity contribution is 7.93. The number of sulfone groups is 1. The largest absolute Gasteiger partial charge is 0.399 e. The van der Waals surface area contributed by atoms with Crippen molar-refractivity contribution in [3.05, 3.63) is 29.6 Å². The molecule has 1 aromatic rings. The molecular formula is C15H22FN3O2S. The van der Waals surface area contributed by atoms with Crippen molar-refractivity contribution in [2.45, 2.75) is 38.0 Å². The molecule has 5 nitrogen and oxygen atoms in total. The van der Waals surface area contributed by atoms with Crippen molar-refractivity contribution in [2.75, 3.05) is 11.5 Å². The molecule has 1 heterocycles. The van der Waals surface area contributed by atoms with Gasteiger partial charge in [-0.1, -0.05) is 13.8 Å². The van der Waals surface area contributed by atoms with Crippen molar-refractivity contribution in [1.82, 2.24) is 5.32 Å². The van der Waals surface area contributed by atoms with E-state index in [1.807, 2.05) is 0 Å². The molecule has 0 unspecified atom stereocenters. The SMILES string of the molecule is CC(C)[C@]1(C)C(=N)N[C@](C)(c2cc(N)ccc2F)CS1(=O)=O. The highest BCUT2D eigenvalue weighted by atomic mass is 32.2. The van der Waals surface area contributed by atoms with Crippen LogP contribution in [0.4, 0.5) is 10.1 Å². The monoisotopic (exact) mass is 327 g/mol. The van der Waals surface area contributed by atoms with E-state index in [9.17, 15) is 12.8 Å². The zero-order chi connectivity index (χ0) is 16.9. The highest BCUT2D eigenvalue weighted by Crippen LogP contribution is 2.39. The number of nitrogens with one attached hydrogen (secondary N) is 2. The van der Waals surface area contributed by atoms with Crippen LogP contribution in [0.3, 0.4) is 0 Å². The molecule has 0 radical (unpaired) electrons. The standard InChI is InChI=1S/C15H22FN3O2S/c1-9(2)15(4)13(18)19-14(3,8-22(15,20)21)11-7-10(17)5-6-12(11)16/h5-7,9H,8,17H2,1-4H3,(H2,18,19)/t14-,15+/m0/s1. The molecule has 0 saturated carbocycles. The van der Waals surface area contributed by atoms with Crippen molar-refractivity contribution < 1.29 is 12.8 Å². The van der Waals surface area contributed by atoms with Crippen LogP contribution in [0, 0.1) is 17.1 Å². The number of rotatable bonds is 2. The van der Waals surface area contributed by atoms with E-state index in [1.54, 1.807) is 20.8 Å². The highest BCUT2D eigenvalue weighted by Gasteiger charge is 2.55. The van der Waals surface area contributed by atoms with E-state index in [1.165, 1.54) is 25.1 Å². The van der Waals surface area contributed by atoms with E-state index in [0.29, 0.717) is 5.69 Å². The topological polar surface area (TPSA) is 96.0 Å². The summed E-state index contributed by atoms with van der Waals surface area (Å²) in [6, 6.07) is 4.05. The van der Waals surface area contributed by atoms with Gasteiger partial charge in [0.25, 0.3) is 0 Å². The van der Waals surface area contributed by atoms with Gasteiger partial charge in [-0.05, 0) is 38.0 Å². The first-order valence-electron chi connectivity index (χ1n) is 7.09. The summed E-state index contributed by atoms with van der Waals surface area (Å²) in [5.74, 6) is -1.22. The van der Waals surface area contributed by atoms with Crippen molar-refractivity contribution in [2.24, 2.45) is 5.92 Å². The Hall–Kier alpha value is -1.63. The van der Waals surface area contributed by atoms with Crippen LogP contribution < -0.4 is 11.1 Å². The van der Waals surface area contributed by atoms with Crippen LogP contribution in [-0.2, 0) is 15.4 Å². The average Bonchev–Trinajstić information content (AvgIpc) is 2.37. The minimum Gasteiger partial charge on any atom is -0.399 e. The number of nitrogens with two attached hydrogens (primary N) is 1. The number of nitrogen functional groups attached to an aromatic ring is 1. The molecule has 1 aromatic carbocycles. The summed E-state index contributed by atoms with van der Waals surface area (Å²) < 4.78 is 38.5. The van der Waals surface area contributed by atoms with Crippen LogP contribution >= 0.6 is 0 Å². The van der Waals surface area contributed by atoms with Gasteiger partial charge in [-0.15, -0.1) is 0 Å². The summed E-state index contributed by atoms with van der Waals surface area (Å²) in [6.45, 7) is 6.64. The zero-order valence-corrected chi connectivity index (χ0v) is 14.0. The molecule has 1 fully saturated rings. The molecule has 4 N–H and O–H groups in total. The molecule has 0 bridgehead atoms. The third kappa shape index (κ3) is 2.27. The van der Waals surface area contributed by atoms with E-state index in [2.05, 4.69) is 5.32 Å². The van der Waals surface area contributed by atoms with Gasteiger partial charge >= 0.3 is 0 Å². The molecule has 7 heteroatoms. The predicted molar refractivity (Wildman–Crippen MR) is 86.1 cm³/mol. The zero-order valence-electron chi connectivity index (χ0n) is 13.2. The van der Waals surface area contributed by atoms with Crippen LogP contribution in [0.5, 0.6) is 0 Å². The van der Waals surface area contributed by atoms with Gasteiger partial charge in [0.2, 0.25) is 0 Å². The second-order valence-electron chi connectivity index (χ2n) is 6.59. The number of hydrogen-bond acceptors (Lipinski definition) is 4. The summed E-state index contributed by atoms with van der Waals surface area (Å²) in [5, 5.41) is 11.1. The maximum Gasteiger partial charge on any atom is 0.165 e. The summed E-state index contributed by atoms with van der Waals surface area (Å²) in [5.41, 5.74) is 4.99. The number of hydrogen-bond donors (Lipinski definition) is 3. The molecule has 1 aliphatic rings. The Bertz CT molecular complexity index is 732. The van der Waals surface area contributed by atoms with Crippen LogP contribution in [0.1, 0.15) is 33.3 Å². The Morgan fingerprint density at radius 3 is 2.45 bits per heavy atom. The minimum absolute atomic E-state index is 0.113. The summed E-state index contributed by atoms with van der Waals surface area (Å²) >= 11 is 0. The van der Waals surface area contributed by atoms with Crippen LogP contribution in [-0.4, -0.2) is 24.8 Å². The second kappa shape index (κ2) is 4.94. The van der Waals surface area contributed by atoms with Crippen molar-refractivity contribution in [1.29, 1.82) is 5.41 Å². The third-order valence-electron chi connectivity index (χ3n) is 4.71. The Morgan fingerprint density at radius 1 is 1.36 bits per heavy atom. The second-order valence-corrected chi connectivity index (χ2v) is 8.96. The van der Waals surface area contributed by atoms with Gasteiger partial charge in [-0.2, -0.15) is 0 Å². The number of benzene rings is 1. The van der Waals surface area contributed by atoms with Gasteiger partial charge in [0.05, 0.1) is 11.3 Å². The summed E-state index contributed by atoms with van der Waals surface area (Å²) in [6.07, 6.45) is 0. The van der Waals surface area contributed by atoms with Crippen LogP contribution in [0.15, 0.2) is 18.2 Å². The van der Waals surface area contributed by atoms with E-state index in [0.717, 1.165) is 0 Å². The lowest BCUT2D eigenvalue weighted by Gasteiger charge is -2.46. The van der Waals surface area contributed by atoms with Gasteiger partial charge < -0.3 is 11.1 Å². The predicted octanol–water partition coefficient (Wildman–Crippen LogP) is 2.03. The number of halogens is 1. The lowest BCUT2D eigenvalue weighted by Crippen LogP contribution is -2.66. The average molecular weight is 327 g/mol. The Morgan fingerprint density at radius 2 is 1.95 bits per heavy atom. The van der Waals surface area contributed by atoms with E-state index in [-0.39, 0.29) is 23.1 Å². The fourth-order valence-corrected chi connectivity index (χ4v) is 5.25. The van der Waals surface area contributed by atoms with Gasteiger partial charge in [0.1, 0.15) is 16.4 Å². The quantitative estimate of drug-likeness (QED) is 0.724. The molecule has 2 rings (SSSR count).